The molecular weight excluding hydrogens is 194 g/mol. The van der Waals surface area contributed by atoms with Crippen LogP contribution >= 0.6 is 11.6 Å². The van der Waals surface area contributed by atoms with Gasteiger partial charge in [-0.05, 0) is 55.5 Å². The molecule has 0 aromatic heterocycles. The molecule has 0 amide bonds. The smallest absolute Gasteiger partial charge is 0.0411 e. The summed E-state index contributed by atoms with van der Waals surface area (Å²) in [5.74, 6) is 0.940. The van der Waals surface area contributed by atoms with Crippen molar-refractivity contribution in [3.63, 3.8) is 0 Å². The minimum absolute atomic E-state index is 0.841. The molecule has 1 aliphatic carbocycles. The average Bonchev–Trinajstić information content (AvgIpc) is 2.86. The van der Waals surface area contributed by atoms with E-state index in [0.29, 0.717) is 0 Å². The summed E-state index contributed by atoms with van der Waals surface area (Å²) in [6.07, 6.45) is 2.81. The molecule has 0 atom stereocenters. The van der Waals surface area contributed by atoms with Crippen molar-refractivity contribution in [2.24, 2.45) is 5.92 Å². The second-order valence-electron chi connectivity index (χ2n) is 4.21. The highest BCUT2D eigenvalue weighted by molar-refractivity contribution is 6.30. The Labute approximate surface area is 90.5 Å². The quantitative estimate of drug-likeness (QED) is 0.804. The fraction of sp³-hybridized carbons (Fsp3) is 0.500. The third-order valence-electron chi connectivity index (χ3n) is 2.56. The number of aryl methyl sites for hydroxylation is 1. The van der Waals surface area contributed by atoms with Gasteiger partial charge in [0.2, 0.25) is 0 Å². The van der Waals surface area contributed by atoms with Gasteiger partial charge in [-0.2, -0.15) is 0 Å². The van der Waals surface area contributed by atoms with Gasteiger partial charge in [-0.15, -0.1) is 0 Å². The molecule has 0 bridgehead atoms. The van der Waals surface area contributed by atoms with Gasteiger partial charge in [0.05, 0.1) is 0 Å². The summed E-state index contributed by atoms with van der Waals surface area (Å²) in [4.78, 5) is 0. The maximum atomic E-state index is 5.98. The lowest BCUT2D eigenvalue weighted by Gasteiger charge is -2.05. The number of halogens is 1. The third-order valence-corrected chi connectivity index (χ3v) is 2.78. The highest BCUT2D eigenvalue weighted by atomic mass is 35.5. The molecule has 76 valence electrons. The highest BCUT2D eigenvalue weighted by Gasteiger charge is 2.19. The lowest BCUT2D eigenvalue weighted by atomic mass is 10.1. The van der Waals surface area contributed by atoms with E-state index in [1.54, 1.807) is 0 Å². The average molecular weight is 210 g/mol. The summed E-state index contributed by atoms with van der Waals surface area (Å²) >= 11 is 5.98. The summed E-state index contributed by atoms with van der Waals surface area (Å²) in [7, 11) is 0. The topological polar surface area (TPSA) is 12.0 Å². The predicted octanol–water partition coefficient (Wildman–Crippen LogP) is 3.15. The van der Waals surface area contributed by atoms with E-state index in [0.717, 1.165) is 24.0 Å². The second-order valence-corrected chi connectivity index (χ2v) is 4.65. The number of benzene rings is 1. The monoisotopic (exact) mass is 209 g/mol. The number of hydrogen-bond acceptors (Lipinski definition) is 1. The van der Waals surface area contributed by atoms with Crippen LogP contribution in [0.1, 0.15) is 24.0 Å². The first kappa shape index (κ1) is 10.0. The summed E-state index contributed by atoms with van der Waals surface area (Å²) in [6.45, 7) is 4.18. The van der Waals surface area contributed by atoms with Crippen LogP contribution in [0.5, 0.6) is 0 Å². The zero-order valence-electron chi connectivity index (χ0n) is 8.52. The normalized spacial score (nSPS) is 15.9. The molecule has 2 rings (SSSR count). The molecule has 1 saturated carbocycles. The fourth-order valence-corrected chi connectivity index (χ4v) is 1.97. The van der Waals surface area contributed by atoms with Crippen molar-refractivity contribution in [1.29, 1.82) is 0 Å². The van der Waals surface area contributed by atoms with Crippen molar-refractivity contribution in [3.8, 4) is 0 Å². The summed E-state index contributed by atoms with van der Waals surface area (Å²) in [5.41, 5.74) is 2.52. The van der Waals surface area contributed by atoms with Gasteiger partial charge in [0.25, 0.3) is 0 Å². The van der Waals surface area contributed by atoms with Gasteiger partial charge >= 0.3 is 0 Å². The maximum absolute atomic E-state index is 5.98. The first-order valence-electron chi connectivity index (χ1n) is 5.21. The minimum Gasteiger partial charge on any atom is -0.312 e. The van der Waals surface area contributed by atoms with Crippen LogP contribution in [0.2, 0.25) is 5.02 Å². The molecule has 1 fully saturated rings. The van der Waals surface area contributed by atoms with E-state index >= 15 is 0 Å². The first-order valence-corrected chi connectivity index (χ1v) is 5.58. The van der Waals surface area contributed by atoms with Crippen molar-refractivity contribution < 1.29 is 0 Å². The van der Waals surface area contributed by atoms with Crippen LogP contribution < -0.4 is 5.32 Å². The van der Waals surface area contributed by atoms with Crippen molar-refractivity contribution in [2.45, 2.75) is 26.3 Å². The Hall–Kier alpha value is -0.530. The van der Waals surface area contributed by atoms with E-state index < -0.39 is 0 Å². The Kier molecular flexibility index (Phi) is 3.09. The van der Waals surface area contributed by atoms with Crippen LogP contribution in [-0.4, -0.2) is 6.54 Å². The van der Waals surface area contributed by atoms with E-state index in [9.17, 15) is 0 Å². The SMILES string of the molecule is Cc1cc(Cl)cc(CNCC2CC2)c1. The molecule has 0 heterocycles. The Morgan fingerprint density at radius 1 is 1.36 bits per heavy atom. The van der Waals surface area contributed by atoms with Gasteiger partial charge in [0.15, 0.2) is 0 Å². The van der Waals surface area contributed by atoms with Gasteiger partial charge < -0.3 is 5.32 Å². The molecule has 2 heteroatoms. The predicted molar refractivity (Wildman–Crippen MR) is 60.6 cm³/mol. The Morgan fingerprint density at radius 2 is 2.14 bits per heavy atom. The summed E-state index contributed by atoms with van der Waals surface area (Å²) in [6, 6.07) is 6.21. The van der Waals surface area contributed by atoms with Crippen LogP contribution in [-0.2, 0) is 6.54 Å². The molecule has 1 aromatic carbocycles. The van der Waals surface area contributed by atoms with E-state index in [-0.39, 0.29) is 0 Å². The lowest BCUT2D eigenvalue weighted by Crippen LogP contribution is -2.16. The van der Waals surface area contributed by atoms with Gasteiger partial charge in [-0.3, -0.25) is 0 Å². The van der Waals surface area contributed by atoms with E-state index in [2.05, 4.69) is 18.3 Å². The standard InChI is InChI=1S/C12H16ClN/c1-9-4-11(6-12(13)5-9)8-14-7-10-2-3-10/h4-6,10,14H,2-3,7-8H2,1H3. The zero-order chi connectivity index (χ0) is 9.97. The van der Waals surface area contributed by atoms with E-state index in [4.69, 9.17) is 11.6 Å². The molecule has 1 aromatic rings. The maximum Gasteiger partial charge on any atom is 0.0411 e. The summed E-state index contributed by atoms with van der Waals surface area (Å²) in [5, 5.41) is 4.30. The molecule has 0 spiro atoms. The molecule has 1 nitrogen and oxygen atoms in total. The number of rotatable bonds is 4. The molecule has 0 aliphatic heterocycles. The molecule has 1 aliphatic rings. The Balaban J connectivity index is 1.87. The molecule has 14 heavy (non-hydrogen) atoms. The summed E-state index contributed by atoms with van der Waals surface area (Å²) < 4.78 is 0. The van der Waals surface area contributed by atoms with Crippen LogP contribution in [0.3, 0.4) is 0 Å². The van der Waals surface area contributed by atoms with Gasteiger partial charge in [0.1, 0.15) is 0 Å². The third kappa shape index (κ3) is 3.00. The number of hydrogen-bond donors (Lipinski definition) is 1. The van der Waals surface area contributed by atoms with Crippen LogP contribution in [0.25, 0.3) is 0 Å². The van der Waals surface area contributed by atoms with Gasteiger partial charge in [-0.25, -0.2) is 0 Å². The largest absolute Gasteiger partial charge is 0.312 e. The van der Waals surface area contributed by atoms with Crippen molar-refractivity contribution in [2.75, 3.05) is 6.54 Å². The van der Waals surface area contributed by atoms with Gasteiger partial charge in [-0.1, -0.05) is 17.7 Å². The van der Waals surface area contributed by atoms with Crippen LogP contribution in [0.4, 0.5) is 0 Å². The molecule has 0 saturated heterocycles. The first-order chi connectivity index (χ1) is 6.74. The number of nitrogens with one attached hydrogen (secondary N) is 1. The molecule has 1 N–H and O–H groups in total. The lowest BCUT2D eigenvalue weighted by molar-refractivity contribution is 0.638. The zero-order valence-corrected chi connectivity index (χ0v) is 9.27. The Bertz CT molecular complexity index is 298. The fourth-order valence-electron chi connectivity index (χ4n) is 1.66. The second kappa shape index (κ2) is 4.33. The minimum atomic E-state index is 0.841. The molecule has 0 unspecified atom stereocenters. The van der Waals surface area contributed by atoms with Crippen LogP contribution in [0.15, 0.2) is 18.2 Å². The highest BCUT2D eigenvalue weighted by Crippen LogP contribution is 2.27. The van der Waals surface area contributed by atoms with Crippen molar-refractivity contribution in [3.05, 3.63) is 34.3 Å². The van der Waals surface area contributed by atoms with Crippen molar-refractivity contribution >= 4 is 11.6 Å². The van der Waals surface area contributed by atoms with Crippen molar-refractivity contribution in [1.82, 2.24) is 5.32 Å². The van der Waals surface area contributed by atoms with E-state index in [1.807, 2.05) is 12.1 Å². The molecule has 0 radical (unpaired) electrons. The van der Waals surface area contributed by atoms with Gasteiger partial charge in [0, 0.05) is 11.6 Å². The van der Waals surface area contributed by atoms with Crippen LogP contribution in [0, 0.1) is 12.8 Å². The Morgan fingerprint density at radius 3 is 2.79 bits per heavy atom. The van der Waals surface area contributed by atoms with E-state index in [1.165, 1.54) is 24.0 Å². The molecular formula is C12H16ClN.